The highest BCUT2D eigenvalue weighted by molar-refractivity contribution is 6.12. The van der Waals surface area contributed by atoms with Gasteiger partial charge in [0, 0.05) is 5.56 Å². The highest BCUT2D eigenvalue weighted by atomic mass is 16.5. The van der Waals surface area contributed by atoms with Gasteiger partial charge in [0.1, 0.15) is 11.7 Å². The first-order chi connectivity index (χ1) is 7.13. The molecule has 1 unspecified atom stereocenters. The number of Topliss-reactive ketones (excluding diaryl/α,β-unsaturated/α-hetero) is 1. The minimum absolute atomic E-state index is 0.0348. The average molecular weight is 206 g/mol. The molecule has 0 heterocycles. The molecule has 4 heteroatoms. The molecule has 2 rings (SSSR count). The smallest absolute Gasteiger partial charge is 0.316 e. The van der Waals surface area contributed by atoms with Gasteiger partial charge in [-0.2, -0.15) is 0 Å². The SMILES string of the molecule is COC(=O)C1Cc2ccc(O)cc2C1=O. The summed E-state index contributed by atoms with van der Waals surface area (Å²) >= 11 is 0. The van der Waals surface area contributed by atoms with Crippen molar-refractivity contribution in [3.63, 3.8) is 0 Å². The van der Waals surface area contributed by atoms with Gasteiger partial charge in [-0.15, -0.1) is 0 Å². The van der Waals surface area contributed by atoms with Gasteiger partial charge < -0.3 is 9.84 Å². The van der Waals surface area contributed by atoms with Crippen LogP contribution in [0.4, 0.5) is 0 Å². The topological polar surface area (TPSA) is 63.6 Å². The maximum atomic E-state index is 11.7. The minimum Gasteiger partial charge on any atom is -0.508 e. The third-order valence-electron chi connectivity index (χ3n) is 2.59. The van der Waals surface area contributed by atoms with Gasteiger partial charge in [0.2, 0.25) is 0 Å². The van der Waals surface area contributed by atoms with E-state index < -0.39 is 11.9 Å². The number of methoxy groups -OCH3 is 1. The molecule has 1 aromatic rings. The predicted molar refractivity (Wildman–Crippen MR) is 51.6 cm³/mol. The molecule has 0 saturated carbocycles. The van der Waals surface area contributed by atoms with Crippen LogP contribution in [0.5, 0.6) is 5.75 Å². The number of esters is 1. The van der Waals surface area contributed by atoms with Crippen molar-refractivity contribution in [2.75, 3.05) is 7.11 Å². The number of fused-ring (bicyclic) bond motifs is 1. The quantitative estimate of drug-likeness (QED) is 0.548. The Hall–Kier alpha value is -1.84. The molecule has 1 aromatic carbocycles. The lowest BCUT2D eigenvalue weighted by atomic mass is 10.1. The Labute approximate surface area is 86.5 Å². The van der Waals surface area contributed by atoms with Crippen molar-refractivity contribution in [2.24, 2.45) is 5.92 Å². The first kappa shape index (κ1) is 9.71. The summed E-state index contributed by atoms with van der Waals surface area (Å²) in [6.07, 6.45) is 0.362. The molecule has 1 atom stereocenters. The Balaban J connectivity index is 2.38. The number of carbonyl (C=O) groups is 2. The number of ketones is 1. The molecular weight excluding hydrogens is 196 g/mol. The van der Waals surface area contributed by atoms with E-state index in [9.17, 15) is 14.7 Å². The number of hydrogen-bond donors (Lipinski definition) is 1. The Bertz CT molecular complexity index is 436. The van der Waals surface area contributed by atoms with Crippen LogP contribution in [0.2, 0.25) is 0 Å². The summed E-state index contributed by atoms with van der Waals surface area (Å²) in [5, 5.41) is 9.23. The largest absolute Gasteiger partial charge is 0.508 e. The number of carbonyl (C=O) groups excluding carboxylic acids is 2. The van der Waals surface area contributed by atoms with Crippen molar-refractivity contribution >= 4 is 11.8 Å². The van der Waals surface area contributed by atoms with Gasteiger partial charge in [-0.1, -0.05) is 6.07 Å². The predicted octanol–water partition coefficient (Wildman–Crippen LogP) is 0.920. The Morgan fingerprint density at radius 2 is 2.27 bits per heavy atom. The molecule has 0 saturated heterocycles. The van der Waals surface area contributed by atoms with Crippen molar-refractivity contribution in [3.8, 4) is 5.75 Å². The lowest BCUT2D eigenvalue weighted by Crippen LogP contribution is -2.21. The van der Waals surface area contributed by atoms with Crippen LogP contribution in [-0.4, -0.2) is 24.0 Å². The van der Waals surface area contributed by atoms with Crippen LogP contribution < -0.4 is 0 Å². The van der Waals surface area contributed by atoms with Crippen molar-refractivity contribution in [1.82, 2.24) is 0 Å². The van der Waals surface area contributed by atoms with E-state index in [1.807, 2.05) is 0 Å². The zero-order valence-corrected chi connectivity index (χ0v) is 8.19. The van der Waals surface area contributed by atoms with Gasteiger partial charge in [0.05, 0.1) is 7.11 Å². The summed E-state index contributed by atoms with van der Waals surface area (Å²) in [7, 11) is 1.26. The van der Waals surface area contributed by atoms with Gasteiger partial charge in [0.15, 0.2) is 5.78 Å². The number of phenols is 1. The number of hydrogen-bond acceptors (Lipinski definition) is 4. The molecule has 1 N–H and O–H groups in total. The van der Waals surface area contributed by atoms with Gasteiger partial charge >= 0.3 is 5.97 Å². The highest BCUT2D eigenvalue weighted by Crippen LogP contribution is 2.29. The van der Waals surface area contributed by atoms with Crippen LogP contribution >= 0.6 is 0 Å². The number of ether oxygens (including phenoxy) is 1. The van der Waals surface area contributed by atoms with Gasteiger partial charge in [-0.05, 0) is 24.1 Å². The lowest BCUT2D eigenvalue weighted by Gasteiger charge is -2.03. The fourth-order valence-corrected chi connectivity index (χ4v) is 1.80. The molecule has 0 bridgehead atoms. The van der Waals surface area contributed by atoms with Crippen LogP contribution in [0.3, 0.4) is 0 Å². The lowest BCUT2D eigenvalue weighted by molar-refractivity contribution is -0.143. The summed E-state index contributed by atoms with van der Waals surface area (Å²) in [6.45, 7) is 0. The van der Waals surface area contributed by atoms with Crippen LogP contribution in [0, 0.1) is 5.92 Å². The summed E-state index contributed by atoms with van der Waals surface area (Å²) in [4.78, 5) is 23.0. The molecule has 0 fully saturated rings. The molecule has 0 aromatic heterocycles. The van der Waals surface area contributed by atoms with Gasteiger partial charge in [0.25, 0.3) is 0 Å². The number of phenolic OH excluding ortho intramolecular Hbond substituents is 1. The van der Waals surface area contributed by atoms with Crippen LogP contribution in [-0.2, 0) is 16.0 Å². The molecular formula is C11H10O4. The Morgan fingerprint density at radius 1 is 1.53 bits per heavy atom. The van der Waals surface area contributed by atoms with Gasteiger partial charge in [-0.3, -0.25) is 9.59 Å². The number of aromatic hydroxyl groups is 1. The van der Waals surface area contributed by atoms with Crippen LogP contribution in [0.25, 0.3) is 0 Å². The molecule has 1 aliphatic carbocycles. The van der Waals surface area contributed by atoms with E-state index in [4.69, 9.17) is 0 Å². The van der Waals surface area contributed by atoms with E-state index in [1.54, 1.807) is 6.07 Å². The first-order valence-electron chi connectivity index (χ1n) is 4.57. The average Bonchev–Trinajstić information content (AvgIpc) is 2.55. The van der Waals surface area contributed by atoms with E-state index >= 15 is 0 Å². The van der Waals surface area contributed by atoms with E-state index in [2.05, 4.69) is 4.74 Å². The van der Waals surface area contributed by atoms with Crippen molar-refractivity contribution < 1.29 is 19.4 Å². The molecule has 0 spiro atoms. The third-order valence-corrected chi connectivity index (χ3v) is 2.59. The van der Waals surface area contributed by atoms with Crippen molar-refractivity contribution in [3.05, 3.63) is 29.3 Å². The fraction of sp³-hybridized carbons (Fsp3) is 0.273. The summed E-state index contributed by atoms with van der Waals surface area (Å²) < 4.78 is 4.54. The maximum absolute atomic E-state index is 11.7. The van der Waals surface area contributed by atoms with Crippen LogP contribution in [0.15, 0.2) is 18.2 Å². The van der Waals surface area contributed by atoms with Gasteiger partial charge in [-0.25, -0.2) is 0 Å². The molecule has 4 nitrogen and oxygen atoms in total. The zero-order chi connectivity index (χ0) is 11.0. The fourth-order valence-electron chi connectivity index (χ4n) is 1.80. The second kappa shape index (κ2) is 3.38. The Morgan fingerprint density at radius 3 is 2.93 bits per heavy atom. The summed E-state index contributed by atoms with van der Waals surface area (Å²) in [5.41, 5.74) is 1.21. The standard InChI is InChI=1S/C11H10O4/c1-15-11(14)9-4-6-2-3-7(12)5-8(6)10(9)13/h2-3,5,9,12H,4H2,1H3. The molecule has 15 heavy (non-hydrogen) atoms. The first-order valence-corrected chi connectivity index (χ1v) is 4.57. The van der Waals surface area contributed by atoms with E-state index in [0.29, 0.717) is 12.0 Å². The molecule has 0 amide bonds. The van der Waals surface area contributed by atoms with Crippen molar-refractivity contribution in [1.29, 1.82) is 0 Å². The second-order valence-corrected chi connectivity index (χ2v) is 3.49. The van der Waals surface area contributed by atoms with E-state index in [1.165, 1.54) is 19.2 Å². The number of rotatable bonds is 1. The molecule has 1 aliphatic rings. The summed E-state index contributed by atoms with van der Waals surface area (Å²) in [5.74, 6) is -1.50. The summed E-state index contributed by atoms with van der Waals surface area (Å²) in [6, 6.07) is 4.55. The van der Waals surface area contributed by atoms with E-state index in [-0.39, 0.29) is 11.5 Å². The molecule has 0 radical (unpaired) electrons. The Kier molecular flexibility index (Phi) is 2.19. The van der Waals surface area contributed by atoms with Crippen LogP contribution in [0.1, 0.15) is 15.9 Å². The maximum Gasteiger partial charge on any atom is 0.316 e. The minimum atomic E-state index is -0.744. The van der Waals surface area contributed by atoms with E-state index in [0.717, 1.165) is 5.56 Å². The normalized spacial score (nSPS) is 18.7. The highest BCUT2D eigenvalue weighted by Gasteiger charge is 2.36. The number of benzene rings is 1. The zero-order valence-electron chi connectivity index (χ0n) is 8.19. The third kappa shape index (κ3) is 1.48. The second-order valence-electron chi connectivity index (χ2n) is 3.49. The van der Waals surface area contributed by atoms with Crippen molar-refractivity contribution in [2.45, 2.75) is 6.42 Å². The molecule has 0 aliphatic heterocycles. The monoisotopic (exact) mass is 206 g/mol. The molecule has 78 valence electrons.